The Kier molecular flexibility index (Phi) is 2.55. The number of rotatable bonds is 4. The van der Waals surface area contributed by atoms with Crippen LogP contribution in [0.25, 0.3) is 11.2 Å². The maximum Gasteiger partial charge on any atom is 0.226 e. The number of nitrogens with zero attached hydrogens (tertiary/aromatic N) is 3. The summed E-state index contributed by atoms with van der Waals surface area (Å²) in [7, 11) is 1.81. The Labute approximate surface area is 99.3 Å². The molecule has 1 aliphatic rings. The molecule has 6 heteroatoms. The molecule has 0 spiro atoms. The topological polar surface area (TPSA) is 78.5 Å². The molecule has 3 rings (SSSR count). The molecule has 0 atom stereocenters. The molecule has 1 saturated carbocycles. The van der Waals surface area contributed by atoms with Crippen LogP contribution in [0.5, 0.6) is 0 Å². The van der Waals surface area contributed by atoms with E-state index in [4.69, 9.17) is 0 Å². The molecule has 0 unspecified atom stereocenters. The normalized spacial score (nSPS) is 15.8. The van der Waals surface area contributed by atoms with Gasteiger partial charge in [-0.25, -0.2) is 4.98 Å². The molecular weight excluding hydrogens is 216 g/mol. The Morgan fingerprint density at radius 2 is 2.29 bits per heavy atom. The van der Waals surface area contributed by atoms with Gasteiger partial charge in [-0.1, -0.05) is 6.42 Å². The molecule has 1 aliphatic carbocycles. The lowest BCUT2D eigenvalue weighted by Crippen LogP contribution is -2.21. The van der Waals surface area contributed by atoms with Gasteiger partial charge in [0, 0.05) is 13.6 Å². The molecule has 0 radical (unpaired) electrons. The number of H-pyrrole nitrogens is 1. The second kappa shape index (κ2) is 4.20. The van der Waals surface area contributed by atoms with Crippen LogP contribution >= 0.6 is 0 Å². The van der Waals surface area contributed by atoms with E-state index in [9.17, 15) is 0 Å². The number of aromatic nitrogens is 4. The zero-order chi connectivity index (χ0) is 11.7. The number of imidazole rings is 1. The van der Waals surface area contributed by atoms with Gasteiger partial charge in [0.25, 0.3) is 0 Å². The largest absolute Gasteiger partial charge is 0.368 e. The quantitative estimate of drug-likeness (QED) is 0.746. The Morgan fingerprint density at radius 1 is 1.41 bits per heavy atom. The monoisotopic (exact) mass is 232 g/mol. The van der Waals surface area contributed by atoms with Gasteiger partial charge in [-0.15, -0.1) is 0 Å². The van der Waals surface area contributed by atoms with Gasteiger partial charge >= 0.3 is 0 Å². The highest BCUT2D eigenvalue weighted by atomic mass is 15.2. The number of hydrogen-bond acceptors (Lipinski definition) is 5. The van der Waals surface area contributed by atoms with Crippen molar-refractivity contribution >= 4 is 22.9 Å². The van der Waals surface area contributed by atoms with Crippen molar-refractivity contribution < 1.29 is 0 Å². The van der Waals surface area contributed by atoms with Crippen LogP contribution in [-0.4, -0.2) is 33.5 Å². The first-order valence-corrected chi connectivity index (χ1v) is 5.99. The summed E-state index contributed by atoms with van der Waals surface area (Å²) in [6, 6.07) is 0. The summed E-state index contributed by atoms with van der Waals surface area (Å²) in [6.07, 6.45) is 5.65. The van der Waals surface area contributed by atoms with E-state index < -0.39 is 0 Å². The third kappa shape index (κ3) is 1.90. The van der Waals surface area contributed by atoms with E-state index in [1.165, 1.54) is 19.3 Å². The number of nitrogens with one attached hydrogen (secondary N) is 3. The van der Waals surface area contributed by atoms with Crippen LogP contribution in [0.3, 0.4) is 0 Å². The molecule has 0 aliphatic heterocycles. The van der Waals surface area contributed by atoms with Crippen molar-refractivity contribution in [1.82, 2.24) is 19.9 Å². The Balaban J connectivity index is 1.86. The molecule has 2 aromatic rings. The Morgan fingerprint density at radius 3 is 3.00 bits per heavy atom. The molecule has 0 amide bonds. The fourth-order valence-corrected chi connectivity index (χ4v) is 2.01. The Bertz CT molecular complexity index is 516. The average molecular weight is 232 g/mol. The highest BCUT2D eigenvalue weighted by molar-refractivity contribution is 5.83. The van der Waals surface area contributed by atoms with Gasteiger partial charge in [0.05, 0.1) is 6.33 Å². The fourth-order valence-electron chi connectivity index (χ4n) is 2.01. The van der Waals surface area contributed by atoms with Crippen molar-refractivity contribution in [2.45, 2.75) is 19.3 Å². The van der Waals surface area contributed by atoms with E-state index in [0.717, 1.165) is 23.8 Å². The van der Waals surface area contributed by atoms with Gasteiger partial charge in [0.2, 0.25) is 5.95 Å². The van der Waals surface area contributed by atoms with Gasteiger partial charge in [0.15, 0.2) is 11.5 Å². The lowest BCUT2D eigenvalue weighted by Gasteiger charge is -2.25. The molecule has 6 nitrogen and oxygen atoms in total. The first-order chi connectivity index (χ1) is 8.36. The van der Waals surface area contributed by atoms with E-state index in [1.54, 1.807) is 6.33 Å². The first kappa shape index (κ1) is 10.3. The molecule has 2 aromatic heterocycles. The van der Waals surface area contributed by atoms with Crippen LogP contribution in [0.4, 0.5) is 11.8 Å². The summed E-state index contributed by atoms with van der Waals surface area (Å²) in [5, 5.41) is 6.34. The third-order valence-electron chi connectivity index (χ3n) is 3.29. The summed E-state index contributed by atoms with van der Waals surface area (Å²) in [6.45, 7) is 0.980. The summed E-state index contributed by atoms with van der Waals surface area (Å²) < 4.78 is 0. The van der Waals surface area contributed by atoms with Crippen LogP contribution in [-0.2, 0) is 0 Å². The second-order valence-electron chi connectivity index (χ2n) is 4.42. The van der Waals surface area contributed by atoms with E-state index >= 15 is 0 Å². The van der Waals surface area contributed by atoms with E-state index in [1.807, 2.05) is 7.05 Å². The molecule has 90 valence electrons. The molecule has 0 aromatic carbocycles. The highest BCUT2D eigenvalue weighted by Crippen LogP contribution is 2.27. The predicted octanol–water partition coefficient (Wildman–Crippen LogP) is 1.61. The van der Waals surface area contributed by atoms with Gasteiger partial charge in [-0.05, 0) is 18.8 Å². The van der Waals surface area contributed by atoms with Gasteiger partial charge in [-0.2, -0.15) is 9.97 Å². The van der Waals surface area contributed by atoms with Crippen molar-refractivity contribution in [2.24, 2.45) is 5.92 Å². The van der Waals surface area contributed by atoms with E-state index in [0.29, 0.717) is 11.6 Å². The fraction of sp³-hybridized carbons (Fsp3) is 0.545. The highest BCUT2D eigenvalue weighted by Gasteiger charge is 2.18. The number of anilines is 2. The molecule has 1 fully saturated rings. The van der Waals surface area contributed by atoms with Crippen LogP contribution < -0.4 is 10.6 Å². The average Bonchev–Trinajstić information content (AvgIpc) is 2.74. The van der Waals surface area contributed by atoms with Crippen molar-refractivity contribution in [2.75, 3.05) is 24.2 Å². The van der Waals surface area contributed by atoms with Gasteiger partial charge in [-0.3, -0.25) is 0 Å². The summed E-state index contributed by atoms with van der Waals surface area (Å²) in [4.78, 5) is 15.9. The zero-order valence-electron chi connectivity index (χ0n) is 9.82. The minimum atomic E-state index is 0.598. The predicted molar refractivity (Wildman–Crippen MR) is 67.1 cm³/mol. The SMILES string of the molecule is CNc1nc(NCC2CCC2)c2[nH]cnc2n1. The lowest BCUT2D eigenvalue weighted by molar-refractivity contribution is 0.333. The molecular formula is C11H16N6. The van der Waals surface area contributed by atoms with Crippen LogP contribution in [0.15, 0.2) is 6.33 Å². The van der Waals surface area contributed by atoms with Gasteiger partial charge in [0.1, 0.15) is 5.52 Å². The number of fused-ring (bicyclic) bond motifs is 1. The minimum absolute atomic E-state index is 0.598. The summed E-state index contributed by atoms with van der Waals surface area (Å²) >= 11 is 0. The molecule has 0 saturated heterocycles. The molecule has 17 heavy (non-hydrogen) atoms. The maximum absolute atomic E-state index is 4.42. The standard InChI is InChI=1S/C11H16N6/c1-12-11-16-9(13-5-7-3-2-4-7)8-10(17-11)15-6-14-8/h6-7H,2-5H2,1H3,(H3,12,13,14,15,16,17). The van der Waals surface area contributed by atoms with E-state index in [2.05, 4.69) is 30.6 Å². The van der Waals surface area contributed by atoms with E-state index in [-0.39, 0.29) is 0 Å². The summed E-state index contributed by atoms with van der Waals surface area (Å²) in [5.74, 6) is 2.23. The van der Waals surface area contributed by atoms with Gasteiger partial charge < -0.3 is 15.6 Å². The third-order valence-corrected chi connectivity index (χ3v) is 3.29. The lowest BCUT2D eigenvalue weighted by atomic mass is 9.85. The zero-order valence-corrected chi connectivity index (χ0v) is 9.82. The maximum atomic E-state index is 4.42. The number of aromatic amines is 1. The van der Waals surface area contributed by atoms with Crippen LogP contribution in [0, 0.1) is 5.92 Å². The van der Waals surface area contributed by atoms with Crippen molar-refractivity contribution in [3.63, 3.8) is 0 Å². The van der Waals surface area contributed by atoms with Crippen LogP contribution in [0.1, 0.15) is 19.3 Å². The summed E-state index contributed by atoms with van der Waals surface area (Å²) in [5.41, 5.74) is 1.57. The molecule has 0 bridgehead atoms. The Hall–Kier alpha value is -1.85. The van der Waals surface area contributed by atoms with Crippen molar-refractivity contribution in [3.8, 4) is 0 Å². The molecule has 3 N–H and O–H groups in total. The minimum Gasteiger partial charge on any atom is -0.368 e. The first-order valence-electron chi connectivity index (χ1n) is 5.99. The van der Waals surface area contributed by atoms with Crippen molar-refractivity contribution in [3.05, 3.63) is 6.33 Å². The number of hydrogen-bond donors (Lipinski definition) is 3. The van der Waals surface area contributed by atoms with Crippen molar-refractivity contribution in [1.29, 1.82) is 0 Å². The smallest absolute Gasteiger partial charge is 0.226 e. The molecule has 2 heterocycles. The second-order valence-corrected chi connectivity index (χ2v) is 4.42. The van der Waals surface area contributed by atoms with Crippen LogP contribution in [0.2, 0.25) is 0 Å².